The van der Waals surface area contributed by atoms with Crippen LogP contribution < -0.4 is 5.32 Å². The molecule has 112 valence electrons. The molecule has 0 unspecified atom stereocenters. The number of phenols is 1. The van der Waals surface area contributed by atoms with Crippen LogP contribution >= 0.6 is 12.4 Å². The SMILES string of the molecule is Cl.[2H]C1([2H])N=C(Cc2c(C)cc(C(C)(C)C)c(O)c2C)NC1([2H])[2H]. The van der Waals surface area contributed by atoms with Crippen molar-refractivity contribution in [3.8, 4) is 5.75 Å². The van der Waals surface area contributed by atoms with Crippen molar-refractivity contribution in [3.05, 3.63) is 28.3 Å². The van der Waals surface area contributed by atoms with Crippen LogP contribution in [0.1, 0.15) is 48.5 Å². The number of aliphatic imine (C=N–C) groups is 1. The molecule has 0 atom stereocenters. The van der Waals surface area contributed by atoms with Crippen LogP contribution in [0.5, 0.6) is 5.75 Å². The van der Waals surface area contributed by atoms with Crippen LogP contribution in [0, 0.1) is 13.8 Å². The summed E-state index contributed by atoms with van der Waals surface area (Å²) in [7, 11) is 0. The highest BCUT2D eigenvalue weighted by Crippen LogP contribution is 2.36. The molecule has 1 aliphatic heterocycles. The average Bonchev–Trinajstić information content (AvgIpc) is 2.56. The van der Waals surface area contributed by atoms with Crippen molar-refractivity contribution < 1.29 is 10.6 Å². The summed E-state index contributed by atoms with van der Waals surface area (Å²) in [4.78, 5) is 3.83. The Hall–Kier alpha value is -1.22. The molecule has 0 aliphatic carbocycles. The van der Waals surface area contributed by atoms with E-state index in [1.807, 2.05) is 40.7 Å². The summed E-state index contributed by atoms with van der Waals surface area (Å²) < 4.78 is 30.6. The Morgan fingerprint density at radius 3 is 2.55 bits per heavy atom. The van der Waals surface area contributed by atoms with Crippen LogP contribution in [0.2, 0.25) is 0 Å². The molecule has 0 radical (unpaired) electrons. The Morgan fingerprint density at radius 1 is 1.40 bits per heavy atom. The Morgan fingerprint density at radius 2 is 2.05 bits per heavy atom. The highest BCUT2D eigenvalue weighted by atomic mass is 35.5. The highest BCUT2D eigenvalue weighted by Gasteiger charge is 2.22. The third-order valence-electron chi connectivity index (χ3n) is 3.51. The molecule has 0 aromatic heterocycles. The number of aromatic hydroxyl groups is 1. The van der Waals surface area contributed by atoms with Gasteiger partial charge in [0.1, 0.15) is 11.6 Å². The molecule has 0 amide bonds. The van der Waals surface area contributed by atoms with Crippen molar-refractivity contribution in [3.63, 3.8) is 0 Å². The maximum Gasteiger partial charge on any atom is 0.122 e. The second-order valence-electron chi connectivity index (χ2n) is 6.04. The van der Waals surface area contributed by atoms with E-state index in [4.69, 9.17) is 5.48 Å². The molecule has 3 nitrogen and oxygen atoms in total. The molecular formula is C16H25ClN2O. The molecule has 1 heterocycles. The first kappa shape index (κ1) is 11.4. The largest absolute Gasteiger partial charge is 0.507 e. The maximum atomic E-state index is 10.5. The number of hydrogen-bond donors (Lipinski definition) is 2. The van der Waals surface area contributed by atoms with Crippen molar-refractivity contribution in [2.45, 2.75) is 46.5 Å². The average molecular weight is 301 g/mol. The van der Waals surface area contributed by atoms with Gasteiger partial charge in [0.2, 0.25) is 0 Å². The van der Waals surface area contributed by atoms with E-state index in [9.17, 15) is 5.11 Å². The van der Waals surface area contributed by atoms with Crippen LogP contribution in [0.25, 0.3) is 0 Å². The normalized spacial score (nSPS) is 22.6. The topological polar surface area (TPSA) is 44.6 Å². The van der Waals surface area contributed by atoms with Gasteiger partial charge >= 0.3 is 0 Å². The Kier molecular flexibility index (Phi) is 3.46. The molecule has 1 aromatic rings. The monoisotopic (exact) mass is 300 g/mol. The van der Waals surface area contributed by atoms with E-state index in [0.717, 1.165) is 22.3 Å². The summed E-state index contributed by atoms with van der Waals surface area (Å²) in [6.45, 7) is 5.35. The maximum absolute atomic E-state index is 10.5. The molecule has 2 N–H and O–H groups in total. The number of aryl methyl sites for hydroxylation is 1. The molecule has 1 aliphatic rings. The smallest absolute Gasteiger partial charge is 0.122 e. The summed E-state index contributed by atoms with van der Waals surface area (Å²) in [5.41, 5.74) is 3.23. The van der Waals surface area contributed by atoms with E-state index in [1.54, 1.807) is 0 Å². The van der Waals surface area contributed by atoms with Gasteiger partial charge in [-0.3, -0.25) is 4.99 Å². The van der Waals surface area contributed by atoms with Crippen LogP contribution in [-0.4, -0.2) is 23.9 Å². The van der Waals surface area contributed by atoms with E-state index in [0.29, 0.717) is 0 Å². The van der Waals surface area contributed by atoms with Crippen LogP contribution in [0.15, 0.2) is 11.1 Å². The van der Waals surface area contributed by atoms with Gasteiger partial charge in [0.05, 0.1) is 12.0 Å². The number of hydrogen-bond acceptors (Lipinski definition) is 3. The fourth-order valence-corrected chi connectivity index (χ4v) is 2.33. The number of benzene rings is 1. The summed E-state index contributed by atoms with van der Waals surface area (Å²) in [5.74, 6) is 0.497. The third-order valence-corrected chi connectivity index (χ3v) is 3.51. The summed E-state index contributed by atoms with van der Waals surface area (Å²) >= 11 is 0. The van der Waals surface area contributed by atoms with Gasteiger partial charge in [-0.15, -0.1) is 12.4 Å². The summed E-state index contributed by atoms with van der Waals surface area (Å²) in [5, 5.41) is 13.0. The zero-order valence-electron chi connectivity index (χ0n) is 16.6. The third kappa shape index (κ3) is 3.26. The van der Waals surface area contributed by atoms with E-state index in [2.05, 4.69) is 10.3 Å². The molecular weight excluding hydrogens is 272 g/mol. The van der Waals surface area contributed by atoms with Gasteiger partial charge in [0.15, 0.2) is 0 Å². The van der Waals surface area contributed by atoms with Gasteiger partial charge in [-0.05, 0) is 41.5 Å². The van der Waals surface area contributed by atoms with E-state index in [-0.39, 0.29) is 35.8 Å². The zero-order chi connectivity index (χ0) is 17.8. The van der Waals surface area contributed by atoms with Gasteiger partial charge < -0.3 is 10.4 Å². The quantitative estimate of drug-likeness (QED) is 0.880. The van der Waals surface area contributed by atoms with Crippen LogP contribution in [0.4, 0.5) is 0 Å². The van der Waals surface area contributed by atoms with Crippen molar-refractivity contribution in [2.24, 2.45) is 4.99 Å². The minimum absolute atomic E-state index is 0. The number of amidine groups is 1. The van der Waals surface area contributed by atoms with Gasteiger partial charge in [-0.2, -0.15) is 0 Å². The molecule has 0 saturated carbocycles. The zero-order valence-corrected chi connectivity index (χ0v) is 13.4. The predicted octanol–water partition coefficient (Wildman–Crippen LogP) is 3.27. The number of rotatable bonds is 2. The number of phenolic OH excluding ortho intramolecular Hbond substituents is 1. The van der Waals surface area contributed by atoms with Crippen molar-refractivity contribution in [1.29, 1.82) is 0 Å². The molecule has 0 saturated heterocycles. The summed E-state index contributed by atoms with van der Waals surface area (Å²) in [6, 6.07) is 1.94. The first-order chi connectivity index (χ1) is 10.3. The molecule has 2 rings (SSSR count). The Balaban J connectivity index is 0.00000288. The first-order valence-corrected chi connectivity index (χ1v) is 6.46. The van der Waals surface area contributed by atoms with E-state index >= 15 is 0 Å². The lowest BCUT2D eigenvalue weighted by atomic mass is 9.82. The van der Waals surface area contributed by atoms with Crippen LogP contribution in [0.3, 0.4) is 0 Å². The highest BCUT2D eigenvalue weighted by molar-refractivity contribution is 5.86. The second kappa shape index (κ2) is 6.04. The molecule has 0 bridgehead atoms. The van der Waals surface area contributed by atoms with Crippen molar-refractivity contribution in [2.75, 3.05) is 13.0 Å². The lowest BCUT2D eigenvalue weighted by Gasteiger charge is -2.24. The Labute approximate surface area is 133 Å². The first-order valence-electron chi connectivity index (χ1n) is 8.46. The van der Waals surface area contributed by atoms with Crippen molar-refractivity contribution >= 4 is 18.2 Å². The summed E-state index contributed by atoms with van der Waals surface area (Å²) in [6.07, 6.45) is 0.259. The number of nitrogens with zero attached hydrogens (tertiary/aromatic N) is 1. The standard InChI is InChI=1S/C16H24N2O.ClH/c1-10-8-13(16(3,4)5)15(19)11(2)12(10)9-14-17-6-7-18-14;/h8,19H,6-7,9H2,1-5H3,(H,17,18);1H/i6D2,7D2;. The number of nitrogens with one attached hydrogen (secondary N) is 1. The van der Waals surface area contributed by atoms with Gasteiger partial charge in [-0.25, -0.2) is 0 Å². The van der Waals surface area contributed by atoms with Gasteiger partial charge in [-0.1, -0.05) is 26.8 Å². The molecule has 0 spiro atoms. The molecule has 0 fully saturated rings. The second-order valence-corrected chi connectivity index (χ2v) is 6.04. The van der Waals surface area contributed by atoms with Crippen molar-refractivity contribution in [1.82, 2.24) is 5.32 Å². The minimum Gasteiger partial charge on any atom is -0.507 e. The minimum atomic E-state index is -2.29. The Bertz CT molecular complexity index is 682. The van der Waals surface area contributed by atoms with Gasteiger partial charge in [0, 0.05) is 12.9 Å². The van der Waals surface area contributed by atoms with Gasteiger partial charge in [0.25, 0.3) is 0 Å². The molecule has 1 aromatic carbocycles. The lowest BCUT2D eigenvalue weighted by Crippen LogP contribution is -2.22. The van der Waals surface area contributed by atoms with E-state index in [1.165, 1.54) is 0 Å². The van der Waals surface area contributed by atoms with Crippen LogP contribution in [-0.2, 0) is 11.8 Å². The fourth-order valence-electron chi connectivity index (χ4n) is 2.33. The van der Waals surface area contributed by atoms with E-state index < -0.39 is 13.0 Å². The fraction of sp³-hybridized carbons (Fsp3) is 0.562. The predicted molar refractivity (Wildman–Crippen MR) is 87.5 cm³/mol. The number of halogens is 1. The molecule has 4 heteroatoms. The lowest BCUT2D eigenvalue weighted by molar-refractivity contribution is 0.442. The molecule has 20 heavy (non-hydrogen) atoms.